The molecule has 0 fully saturated rings. The summed E-state index contributed by atoms with van der Waals surface area (Å²) >= 11 is 0. The topological polar surface area (TPSA) is 108 Å². The van der Waals surface area contributed by atoms with Crippen molar-refractivity contribution in [2.45, 2.75) is 322 Å². The van der Waals surface area contributed by atoms with Gasteiger partial charge in [0.2, 0.25) is 0 Å². The highest BCUT2D eigenvalue weighted by Crippen LogP contribution is 2.43. The molecule has 0 aromatic rings. The van der Waals surface area contributed by atoms with E-state index in [0.717, 1.165) is 38.5 Å². The van der Waals surface area contributed by atoms with E-state index in [0.29, 0.717) is 17.4 Å². The number of hydrogen-bond donors (Lipinski definition) is 1. The van der Waals surface area contributed by atoms with Gasteiger partial charge in [-0.2, -0.15) is 0 Å². The predicted octanol–water partition coefficient (Wildman–Crippen LogP) is 18.7. The number of carbonyl (C=O) groups is 2. The maximum atomic E-state index is 12.8. The summed E-state index contributed by atoms with van der Waals surface area (Å²) in [6.45, 7) is 4.47. The second-order valence-electron chi connectivity index (χ2n) is 22.1. The van der Waals surface area contributed by atoms with Crippen LogP contribution in [0.1, 0.15) is 316 Å². The van der Waals surface area contributed by atoms with Gasteiger partial charge in [0.1, 0.15) is 19.8 Å². The second-order valence-corrected chi connectivity index (χ2v) is 23.6. The van der Waals surface area contributed by atoms with Crippen molar-refractivity contribution in [1.82, 2.24) is 0 Å². The van der Waals surface area contributed by atoms with Crippen molar-refractivity contribution in [3.63, 3.8) is 0 Å². The molecule has 412 valence electrons. The first-order valence-electron chi connectivity index (χ1n) is 30.3. The number of phosphoric acid groups is 1. The van der Waals surface area contributed by atoms with Gasteiger partial charge >= 0.3 is 19.8 Å². The fourth-order valence-corrected chi connectivity index (χ4v) is 9.94. The molecule has 0 bridgehead atoms. The third kappa shape index (κ3) is 56.2. The Bertz CT molecular complexity index is 1130. The minimum atomic E-state index is -4.37. The smallest absolute Gasteiger partial charge is 0.462 e. The normalized spacial score (nSPS) is 13.2. The monoisotopic (exact) mass is 1000 g/mol. The quantitative estimate of drug-likeness (QED) is 0.0278. The number of ether oxygens (including phenoxy) is 2. The van der Waals surface area contributed by atoms with Gasteiger partial charge in [-0.1, -0.05) is 290 Å². The summed E-state index contributed by atoms with van der Waals surface area (Å²) in [5, 5.41) is 0. The molecule has 0 radical (unpaired) electrons. The molecular formula is C59H119NO8P+. The molecule has 0 saturated carbocycles. The Kier molecular flexibility index (Phi) is 51.1. The number of unbranched alkanes of at least 4 members (excludes halogenated alkanes) is 43. The van der Waals surface area contributed by atoms with Gasteiger partial charge < -0.3 is 18.9 Å². The van der Waals surface area contributed by atoms with E-state index in [2.05, 4.69) is 13.8 Å². The Balaban J connectivity index is 3.84. The number of likely N-dealkylation sites (N-methyl/N-ethyl adjacent to an activating group) is 1. The molecule has 0 heterocycles. The molecule has 0 aromatic carbocycles. The average molecular weight is 1000 g/mol. The first-order chi connectivity index (χ1) is 33.5. The lowest BCUT2D eigenvalue weighted by Crippen LogP contribution is -2.37. The fourth-order valence-electron chi connectivity index (χ4n) is 9.20. The maximum absolute atomic E-state index is 12.8. The highest BCUT2D eigenvalue weighted by atomic mass is 31.2. The van der Waals surface area contributed by atoms with E-state index in [1.165, 1.54) is 250 Å². The first kappa shape index (κ1) is 68.0. The van der Waals surface area contributed by atoms with Gasteiger partial charge in [-0.05, 0) is 12.8 Å². The molecule has 0 aliphatic rings. The van der Waals surface area contributed by atoms with Crippen LogP contribution >= 0.6 is 7.82 Å². The van der Waals surface area contributed by atoms with E-state index in [1.54, 1.807) is 0 Å². The number of rotatable bonds is 57. The molecule has 0 rings (SSSR count). The van der Waals surface area contributed by atoms with Crippen molar-refractivity contribution in [3.05, 3.63) is 0 Å². The SMILES string of the molecule is CCCCCCCCCCCCCCCCCCCCCCCCCCCCCCCCCCCCCC(=O)OC(COC(=O)CCCCCCCCCCCC)COP(=O)(O)OCC[N+](C)(C)C. The van der Waals surface area contributed by atoms with Crippen LogP contribution in [0.5, 0.6) is 0 Å². The van der Waals surface area contributed by atoms with E-state index < -0.39 is 26.5 Å². The number of quaternary nitrogens is 1. The summed E-state index contributed by atoms with van der Waals surface area (Å²) in [4.78, 5) is 35.5. The van der Waals surface area contributed by atoms with Crippen molar-refractivity contribution in [3.8, 4) is 0 Å². The van der Waals surface area contributed by atoms with Gasteiger partial charge in [-0.3, -0.25) is 18.6 Å². The van der Waals surface area contributed by atoms with E-state index in [1.807, 2.05) is 21.1 Å². The van der Waals surface area contributed by atoms with Crippen LogP contribution in [0.15, 0.2) is 0 Å². The van der Waals surface area contributed by atoms with Gasteiger partial charge in [-0.15, -0.1) is 0 Å². The molecule has 0 spiro atoms. The van der Waals surface area contributed by atoms with Gasteiger partial charge in [-0.25, -0.2) is 4.57 Å². The Morgan fingerprint density at radius 1 is 0.391 bits per heavy atom. The zero-order valence-electron chi connectivity index (χ0n) is 46.8. The summed E-state index contributed by atoms with van der Waals surface area (Å²) in [7, 11) is 1.50. The number of hydrogen-bond acceptors (Lipinski definition) is 7. The van der Waals surface area contributed by atoms with Crippen LogP contribution in [0.3, 0.4) is 0 Å². The Morgan fingerprint density at radius 2 is 0.652 bits per heavy atom. The van der Waals surface area contributed by atoms with Crippen LogP contribution in [0.25, 0.3) is 0 Å². The first-order valence-corrected chi connectivity index (χ1v) is 31.8. The maximum Gasteiger partial charge on any atom is 0.472 e. The van der Waals surface area contributed by atoms with Crippen LogP contribution in [0.4, 0.5) is 0 Å². The third-order valence-electron chi connectivity index (χ3n) is 13.9. The lowest BCUT2D eigenvalue weighted by Gasteiger charge is -2.24. The van der Waals surface area contributed by atoms with E-state index >= 15 is 0 Å². The number of carbonyl (C=O) groups excluding carboxylic acids is 2. The molecule has 0 amide bonds. The summed E-state index contributed by atoms with van der Waals surface area (Å²) in [6.07, 6.45) is 59.3. The largest absolute Gasteiger partial charge is 0.472 e. The number of nitrogens with zero attached hydrogens (tertiary/aromatic N) is 1. The van der Waals surface area contributed by atoms with Gasteiger partial charge in [0.05, 0.1) is 27.7 Å². The van der Waals surface area contributed by atoms with Crippen LogP contribution in [-0.4, -0.2) is 74.9 Å². The van der Waals surface area contributed by atoms with Crippen LogP contribution in [-0.2, 0) is 32.7 Å². The molecule has 0 aliphatic carbocycles. The van der Waals surface area contributed by atoms with Gasteiger partial charge in [0.25, 0.3) is 0 Å². The molecule has 0 aliphatic heterocycles. The Labute approximate surface area is 429 Å². The summed E-state index contributed by atoms with van der Waals surface area (Å²) in [5.74, 6) is -0.780. The van der Waals surface area contributed by atoms with Crippen molar-refractivity contribution < 1.29 is 42.1 Å². The minimum Gasteiger partial charge on any atom is -0.462 e. The van der Waals surface area contributed by atoms with Crippen molar-refractivity contribution >= 4 is 19.8 Å². The average Bonchev–Trinajstić information content (AvgIpc) is 3.31. The highest BCUT2D eigenvalue weighted by molar-refractivity contribution is 7.47. The zero-order chi connectivity index (χ0) is 50.6. The number of esters is 2. The fraction of sp³-hybridized carbons (Fsp3) is 0.966. The predicted molar refractivity (Wildman–Crippen MR) is 294 cm³/mol. The minimum absolute atomic E-state index is 0.0370. The lowest BCUT2D eigenvalue weighted by atomic mass is 10.0. The van der Waals surface area contributed by atoms with Gasteiger partial charge in [0.15, 0.2) is 6.10 Å². The van der Waals surface area contributed by atoms with Crippen LogP contribution in [0.2, 0.25) is 0 Å². The molecule has 0 aromatic heterocycles. The molecule has 10 heteroatoms. The zero-order valence-corrected chi connectivity index (χ0v) is 47.7. The molecular weight excluding hydrogens is 882 g/mol. The second kappa shape index (κ2) is 51.9. The molecule has 1 N–H and O–H groups in total. The molecule has 2 unspecified atom stereocenters. The highest BCUT2D eigenvalue weighted by Gasteiger charge is 2.27. The van der Waals surface area contributed by atoms with E-state index in [9.17, 15) is 19.0 Å². The van der Waals surface area contributed by atoms with E-state index in [-0.39, 0.29) is 25.6 Å². The van der Waals surface area contributed by atoms with Crippen molar-refractivity contribution in [1.29, 1.82) is 0 Å². The van der Waals surface area contributed by atoms with Crippen molar-refractivity contribution in [2.24, 2.45) is 0 Å². The molecule has 0 saturated heterocycles. The van der Waals surface area contributed by atoms with Crippen molar-refractivity contribution in [2.75, 3.05) is 47.5 Å². The Hall–Kier alpha value is -0.990. The van der Waals surface area contributed by atoms with E-state index in [4.69, 9.17) is 18.5 Å². The summed E-state index contributed by atoms with van der Waals surface area (Å²) < 4.78 is 34.5. The molecule has 2 atom stereocenters. The summed E-state index contributed by atoms with van der Waals surface area (Å²) in [6, 6.07) is 0. The van der Waals surface area contributed by atoms with Crippen LogP contribution in [0, 0.1) is 0 Å². The molecule has 9 nitrogen and oxygen atoms in total. The van der Waals surface area contributed by atoms with Crippen LogP contribution < -0.4 is 0 Å². The Morgan fingerprint density at radius 3 is 0.928 bits per heavy atom. The standard InChI is InChI=1S/C59H118NO8P/c1-6-8-10-12-14-16-18-19-20-21-22-23-24-25-26-27-28-29-30-31-32-33-34-35-36-37-38-39-40-41-42-44-46-48-50-52-59(62)68-57(56-67-69(63,64)66-54-53-60(3,4)5)55-65-58(61)51-49-47-45-43-17-15-13-11-9-7-2/h57H,6-56H2,1-5H3/p+1. The lowest BCUT2D eigenvalue weighted by molar-refractivity contribution is -0.870. The molecule has 69 heavy (non-hydrogen) atoms. The third-order valence-corrected chi connectivity index (χ3v) is 14.9. The van der Waals surface area contributed by atoms with Gasteiger partial charge in [0, 0.05) is 12.8 Å². The number of phosphoric ester groups is 1. The summed E-state index contributed by atoms with van der Waals surface area (Å²) in [5.41, 5.74) is 0.